The highest BCUT2D eigenvalue weighted by Crippen LogP contribution is 2.30. The molecule has 1 atom stereocenters. The van der Waals surface area contributed by atoms with Gasteiger partial charge in [-0.25, -0.2) is 9.78 Å². The standard InChI is InChI=1S/C20H21N3O3S/c1-11-16-18(24)22-15(23-19(16)27-17(11)20(25)26-2)10-21-14-9-5-7-12-6-3-4-8-13(12)14/h3-4,6,8,14,21H,5,7,9-10H2,1-2H3,(H,22,23,24)/t14-/m1/s1. The third-order valence-corrected chi connectivity index (χ3v) is 6.27. The summed E-state index contributed by atoms with van der Waals surface area (Å²) < 4.78 is 4.80. The van der Waals surface area contributed by atoms with Crippen LogP contribution in [0.15, 0.2) is 29.1 Å². The Labute approximate surface area is 160 Å². The van der Waals surface area contributed by atoms with Gasteiger partial charge in [0.05, 0.1) is 19.0 Å². The van der Waals surface area contributed by atoms with Crippen LogP contribution in [0.3, 0.4) is 0 Å². The highest BCUT2D eigenvalue weighted by Gasteiger charge is 2.21. The summed E-state index contributed by atoms with van der Waals surface area (Å²) in [5.74, 6) is 0.140. The van der Waals surface area contributed by atoms with Gasteiger partial charge in [-0.3, -0.25) is 4.79 Å². The minimum atomic E-state index is -0.437. The minimum Gasteiger partial charge on any atom is -0.465 e. The van der Waals surface area contributed by atoms with Gasteiger partial charge in [0, 0.05) is 6.04 Å². The first-order valence-electron chi connectivity index (χ1n) is 9.00. The van der Waals surface area contributed by atoms with E-state index in [1.54, 1.807) is 6.92 Å². The Bertz CT molecular complexity index is 1070. The molecular weight excluding hydrogens is 362 g/mol. The number of nitrogens with zero attached hydrogens (tertiary/aromatic N) is 1. The number of nitrogens with one attached hydrogen (secondary N) is 2. The molecular formula is C20H21N3O3S. The van der Waals surface area contributed by atoms with Gasteiger partial charge in [-0.05, 0) is 42.9 Å². The third kappa shape index (κ3) is 3.28. The quantitative estimate of drug-likeness (QED) is 0.676. The van der Waals surface area contributed by atoms with Gasteiger partial charge in [-0.1, -0.05) is 24.3 Å². The normalized spacial score (nSPS) is 16.3. The predicted molar refractivity (Wildman–Crippen MR) is 105 cm³/mol. The van der Waals surface area contributed by atoms with E-state index in [4.69, 9.17) is 4.74 Å². The largest absolute Gasteiger partial charge is 0.465 e. The highest BCUT2D eigenvalue weighted by molar-refractivity contribution is 7.20. The lowest BCUT2D eigenvalue weighted by Crippen LogP contribution is -2.26. The fraction of sp³-hybridized carbons (Fsp3) is 0.350. The Hall–Kier alpha value is -2.51. The van der Waals surface area contributed by atoms with Crippen molar-refractivity contribution >= 4 is 27.5 Å². The molecule has 0 aliphatic heterocycles. The van der Waals surface area contributed by atoms with Crippen LogP contribution in [-0.4, -0.2) is 23.0 Å². The third-order valence-electron chi connectivity index (χ3n) is 5.11. The maximum absolute atomic E-state index is 12.5. The van der Waals surface area contributed by atoms with Crippen molar-refractivity contribution in [3.05, 3.63) is 62.0 Å². The van der Waals surface area contributed by atoms with Crippen LogP contribution in [0.25, 0.3) is 10.2 Å². The van der Waals surface area contributed by atoms with E-state index in [2.05, 4.69) is 39.6 Å². The number of methoxy groups -OCH3 is 1. The second-order valence-electron chi connectivity index (χ2n) is 6.77. The molecule has 0 saturated carbocycles. The van der Waals surface area contributed by atoms with Crippen molar-refractivity contribution in [2.75, 3.05) is 7.11 Å². The lowest BCUT2D eigenvalue weighted by Gasteiger charge is -2.26. The second kappa shape index (κ2) is 7.25. The van der Waals surface area contributed by atoms with Crippen molar-refractivity contribution in [2.45, 2.75) is 38.8 Å². The van der Waals surface area contributed by atoms with Crippen LogP contribution < -0.4 is 10.9 Å². The molecule has 0 spiro atoms. The van der Waals surface area contributed by atoms with E-state index in [0.29, 0.717) is 33.0 Å². The number of carbonyl (C=O) groups excluding carboxylic acids is 1. The van der Waals surface area contributed by atoms with E-state index in [9.17, 15) is 9.59 Å². The summed E-state index contributed by atoms with van der Waals surface area (Å²) in [4.78, 5) is 32.8. The summed E-state index contributed by atoms with van der Waals surface area (Å²) in [6.45, 7) is 2.22. The number of esters is 1. The van der Waals surface area contributed by atoms with Crippen molar-refractivity contribution in [2.24, 2.45) is 0 Å². The fourth-order valence-electron chi connectivity index (χ4n) is 3.75. The van der Waals surface area contributed by atoms with E-state index in [0.717, 1.165) is 19.3 Å². The molecule has 1 aliphatic rings. The van der Waals surface area contributed by atoms with E-state index in [-0.39, 0.29) is 11.6 Å². The Kier molecular flexibility index (Phi) is 4.80. The summed E-state index contributed by atoms with van der Waals surface area (Å²) in [6, 6.07) is 8.74. The topological polar surface area (TPSA) is 84.1 Å². The molecule has 27 heavy (non-hydrogen) atoms. The average Bonchev–Trinajstić information content (AvgIpc) is 3.02. The van der Waals surface area contributed by atoms with Crippen molar-refractivity contribution in [3.8, 4) is 0 Å². The maximum atomic E-state index is 12.5. The first-order valence-corrected chi connectivity index (χ1v) is 9.82. The monoisotopic (exact) mass is 383 g/mol. The van der Waals surface area contributed by atoms with E-state index < -0.39 is 5.97 Å². The number of fused-ring (bicyclic) bond motifs is 2. The van der Waals surface area contributed by atoms with Gasteiger partial charge in [0.2, 0.25) is 0 Å². The number of H-pyrrole nitrogens is 1. The summed E-state index contributed by atoms with van der Waals surface area (Å²) in [6.07, 6.45) is 3.32. The van der Waals surface area contributed by atoms with Crippen LogP contribution in [0.2, 0.25) is 0 Å². The molecule has 1 aliphatic carbocycles. The minimum absolute atomic E-state index is 0.218. The molecule has 3 aromatic rings. The zero-order chi connectivity index (χ0) is 19.0. The van der Waals surface area contributed by atoms with Crippen molar-refractivity contribution in [3.63, 3.8) is 0 Å². The van der Waals surface area contributed by atoms with Gasteiger partial charge < -0.3 is 15.0 Å². The van der Waals surface area contributed by atoms with E-state index >= 15 is 0 Å². The molecule has 7 heteroatoms. The maximum Gasteiger partial charge on any atom is 0.348 e. The van der Waals surface area contributed by atoms with Crippen LogP contribution in [0.1, 0.15) is 51.1 Å². The average molecular weight is 383 g/mol. The first-order chi connectivity index (χ1) is 13.1. The molecule has 0 bridgehead atoms. The molecule has 4 rings (SSSR count). The first kappa shape index (κ1) is 17.9. The van der Waals surface area contributed by atoms with E-state index in [1.165, 1.54) is 29.6 Å². The van der Waals surface area contributed by atoms with Crippen LogP contribution in [0, 0.1) is 6.92 Å². The Morgan fingerprint density at radius 2 is 2.22 bits per heavy atom. The number of ether oxygens (including phenoxy) is 1. The number of carbonyl (C=O) groups is 1. The van der Waals surface area contributed by atoms with Gasteiger partial charge >= 0.3 is 5.97 Å². The summed E-state index contributed by atoms with van der Waals surface area (Å²) >= 11 is 1.20. The van der Waals surface area contributed by atoms with E-state index in [1.807, 2.05) is 0 Å². The Morgan fingerprint density at radius 1 is 1.41 bits per heavy atom. The zero-order valence-corrected chi connectivity index (χ0v) is 16.1. The lowest BCUT2D eigenvalue weighted by molar-refractivity contribution is 0.0605. The van der Waals surface area contributed by atoms with Crippen molar-refractivity contribution in [1.82, 2.24) is 15.3 Å². The molecule has 2 aromatic heterocycles. The Balaban J connectivity index is 1.60. The lowest BCUT2D eigenvalue weighted by atomic mass is 9.88. The number of hydrogen-bond donors (Lipinski definition) is 2. The number of benzene rings is 1. The van der Waals surface area contributed by atoms with Gasteiger partial charge in [0.1, 0.15) is 15.5 Å². The number of rotatable bonds is 4. The van der Waals surface area contributed by atoms with Gasteiger partial charge in [-0.15, -0.1) is 11.3 Å². The molecule has 0 amide bonds. The molecule has 140 valence electrons. The predicted octanol–water partition coefficient (Wildman–Crippen LogP) is 3.25. The van der Waals surface area contributed by atoms with Crippen LogP contribution >= 0.6 is 11.3 Å². The molecule has 0 fully saturated rings. The number of aromatic nitrogens is 2. The van der Waals surface area contributed by atoms with Gasteiger partial charge in [-0.2, -0.15) is 0 Å². The fourth-order valence-corrected chi connectivity index (χ4v) is 4.86. The SMILES string of the molecule is COC(=O)c1sc2nc(CN[C@@H]3CCCc4ccccc43)[nH]c(=O)c2c1C. The van der Waals surface area contributed by atoms with Gasteiger partial charge in [0.25, 0.3) is 5.56 Å². The summed E-state index contributed by atoms with van der Waals surface area (Å²) in [5, 5.41) is 3.99. The smallest absolute Gasteiger partial charge is 0.348 e. The molecule has 6 nitrogen and oxygen atoms in total. The van der Waals surface area contributed by atoms with Crippen molar-refractivity contribution < 1.29 is 9.53 Å². The van der Waals surface area contributed by atoms with Crippen LogP contribution in [0.5, 0.6) is 0 Å². The van der Waals surface area contributed by atoms with Gasteiger partial charge in [0.15, 0.2) is 0 Å². The number of aryl methyl sites for hydroxylation is 2. The molecule has 0 unspecified atom stereocenters. The molecule has 2 N–H and O–H groups in total. The molecule has 1 aromatic carbocycles. The zero-order valence-electron chi connectivity index (χ0n) is 15.3. The second-order valence-corrected chi connectivity index (χ2v) is 7.76. The molecule has 0 saturated heterocycles. The summed E-state index contributed by atoms with van der Waals surface area (Å²) in [5.41, 5.74) is 3.11. The number of thiophene rings is 1. The van der Waals surface area contributed by atoms with Crippen LogP contribution in [-0.2, 0) is 17.7 Å². The molecule has 2 heterocycles. The molecule has 0 radical (unpaired) electrons. The van der Waals surface area contributed by atoms with Crippen molar-refractivity contribution in [1.29, 1.82) is 0 Å². The summed E-state index contributed by atoms with van der Waals surface area (Å²) in [7, 11) is 1.33. The number of hydrogen-bond acceptors (Lipinski definition) is 6. The van der Waals surface area contributed by atoms with Crippen LogP contribution in [0.4, 0.5) is 0 Å². The number of aromatic amines is 1. The Morgan fingerprint density at radius 3 is 3.04 bits per heavy atom. The highest BCUT2D eigenvalue weighted by atomic mass is 32.1.